The van der Waals surface area contributed by atoms with Gasteiger partial charge in [0.05, 0.1) is 24.3 Å². The fourth-order valence-corrected chi connectivity index (χ4v) is 3.20. The molecule has 2 aliphatic rings. The maximum Gasteiger partial charge on any atom is 0.262 e. The average Bonchev–Trinajstić information content (AvgIpc) is 2.78. The van der Waals surface area contributed by atoms with Gasteiger partial charge >= 0.3 is 0 Å². The van der Waals surface area contributed by atoms with Gasteiger partial charge in [-0.05, 0) is 12.1 Å². The molecule has 1 saturated heterocycles. The molecule has 8 heteroatoms. The van der Waals surface area contributed by atoms with E-state index in [9.17, 15) is 19.8 Å². The Morgan fingerprint density at radius 2 is 1.77 bits per heavy atom. The monoisotopic (exact) mass is 325 g/mol. The first-order valence-electron chi connectivity index (χ1n) is 6.70. The molecule has 1 fully saturated rings. The molecule has 7 nitrogen and oxygen atoms in total. The Labute approximate surface area is 131 Å². The van der Waals surface area contributed by atoms with Gasteiger partial charge in [0.1, 0.15) is 23.2 Å². The van der Waals surface area contributed by atoms with E-state index < -0.39 is 41.6 Å². The molecule has 0 saturated carbocycles. The lowest BCUT2D eigenvalue weighted by atomic mass is 9.96. The first kappa shape index (κ1) is 15.4. The van der Waals surface area contributed by atoms with Crippen LogP contribution in [0.3, 0.4) is 0 Å². The maximum atomic E-state index is 12.5. The van der Waals surface area contributed by atoms with Gasteiger partial charge in [-0.25, -0.2) is 0 Å². The zero-order chi connectivity index (χ0) is 16.1. The topological polar surface area (TPSA) is 107 Å². The summed E-state index contributed by atoms with van der Waals surface area (Å²) in [5.74, 6) is -1.21. The third-order valence-electron chi connectivity index (χ3n) is 4.05. The number of imide groups is 1. The van der Waals surface area contributed by atoms with Gasteiger partial charge in [0.15, 0.2) is 0 Å². The summed E-state index contributed by atoms with van der Waals surface area (Å²) in [5.41, 5.74) is 0.429. The Morgan fingerprint density at radius 3 is 2.27 bits per heavy atom. The molecule has 3 rings (SSSR count). The van der Waals surface area contributed by atoms with Gasteiger partial charge in [-0.15, -0.1) is 12.6 Å². The fraction of sp³-hybridized carbons (Fsp3) is 0.429. The number of fused-ring (bicyclic) bond motifs is 1. The summed E-state index contributed by atoms with van der Waals surface area (Å²) in [4.78, 5) is 24.0. The number of ether oxygens (including phenoxy) is 1. The van der Waals surface area contributed by atoms with Crippen molar-refractivity contribution in [3.63, 3.8) is 0 Å². The number of nitrogens with zero attached hydrogens (tertiary/aromatic N) is 1. The van der Waals surface area contributed by atoms with Crippen LogP contribution in [-0.4, -0.2) is 68.4 Å². The summed E-state index contributed by atoms with van der Waals surface area (Å²) in [7, 11) is 0. The lowest BCUT2D eigenvalue weighted by Gasteiger charge is -2.46. The number of aliphatic hydroxyl groups excluding tert-OH is 3. The zero-order valence-electron chi connectivity index (χ0n) is 11.4. The van der Waals surface area contributed by atoms with Crippen LogP contribution in [0.1, 0.15) is 20.7 Å². The third-order valence-corrected chi connectivity index (χ3v) is 4.64. The number of benzene rings is 1. The van der Waals surface area contributed by atoms with Crippen LogP contribution in [0.5, 0.6) is 0 Å². The zero-order valence-corrected chi connectivity index (χ0v) is 12.3. The normalized spacial score (nSPS) is 34.9. The highest BCUT2D eigenvalue weighted by molar-refractivity contribution is 7.82. The van der Waals surface area contributed by atoms with Gasteiger partial charge in [0.25, 0.3) is 11.8 Å². The molecule has 2 amide bonds. The quantitative estimate of drug-likeness (QED) is 0.411. The molecule has 0 unspecified atom stereocenters. The molecular weight excluding hydrogens is 310 g/mol. The number of carbonyl (C=O) groups is 2. The highest BCUT2D eigenvalue weighted by Crippen LogP contribution is 2.38. The highest BCUT2D eigenvalue weighted by Gasteiger charge is 2.56. The molecule has 3 N–H and O–H groups in total. The van der Waals surface area contributed by atoms with Crippen LogP contribution in [0.15, 0.2) is 24.3 Å². The van der Waals surface area contributed by atoms with Crippen molar-refractivity contribution in [2.45, 2.75) is 23.2 Å². The molecule has 0 aliphatic carbocycles. The van der Waals surface area contributed by atoms with Crippen LogP contribution in [0.25, 0.3) is 0 Å². The van der Waals surface area contributed by atoms with E-state index in [4.69, 9.17) is 9.84 Å². The average molecular weight is 325 g/mol. The van der Waals surface area contributed by atoms with Crippen molar-refractivity contribution >= 4 is 24.4 Å². The molecule has 0 aromatic heterocycles. The Bertz CT molecular complexity index is 603. The minimum absolute atomic E-state index is 0.215. The number of amides is 2. The first-order chi connectivity index (χ1) is 10.4. The van der Waals surface area contributed by atoms with Crippen molar-refractivity contribution in [3.8, 4) is 0 Å². The lowest BCUT2D eigenvalue weighted by molar-refractivity contribution is -0.180. The van der Waals surface area contributed by atoms with Gasteiger partial charge in [-0.1, -0.05) is 12.1 Å². The predicted octanol–water partition coefficient (Wildman–Crippen LogP) is -0.978. The molecule has 1 aromatic carbocycles. The minimum Gasteiger partial charge on any atom is -0.394 e. The Hall–Kier alpha value is -1.45. The van der Waals surface area contributed by atoms with Crippen LogP contribution in [0.2, 0.25) is 0 Å². The molecule has 0 radical (unpaired) electrons. The molecule has 0 spiro atoms. The smallest absolute Gasteiger partial charge is 0.262 e. The van der Waals surface area contributed by atoms with Gasteiger partial charge < -0.3 is 20.1 Å². The number of carbonyl (C=O) groups excluding carboxylic acids is 2. The summed E-state index contributed by atoms with van der Waals surface area (Å²) >= 11 is 4.27. The van der Waals surface area contributed by atoms with E-state index in [0.717, 1.165) is 4.90 Å². The van der Waals surface area contributed by atoms with E-state index in [1.165, 1.54) is 12.1 Å². The van der Waals surface area contributed by atoms with Crippen molar-refractivity contribution in [2.24, 2.45) is 0 Å². The summed E-state index contributed by atoms with van der Waals surface area (Å²) < 4.78 is 5.25. The Balaban J connectivity index is 1.98. The van der Waals surface area contributed by atoms with Crippen molar-refractivity contribution in [2.75, 3.05) is 13.2 Å². The largest absolute Gasteiger partial charge is 0.394 e. The van der Waals surface area contributed by atoms with Crippen molar-refractivity contribution in [1.29, 1.82) is 0 Å². The van der Waals surface area contributed by atoms with Gasteiger partial charge in [0.2, 0.25) is 0 Å². The van der Waals surface area contributed by atoms with Crippen molar-refractivity contribution < 1.29 is 29.6 Å². The summed E-state index contributed by atoms with van der Waals surface area (Å²) in [6, 6.07) is 6.28. The van der Waals surface area contributed by atoms with Crippen molar-refractivity contribution in [1.82, 2.24) is 4.90 Å². The lowest BCUT2D eigenvalue weighted by Crippen LogP contribution is -2.67. The van der Waals surface area contributed by atoms with E-state index in [0.29, 0.717) is 0 Å². The molecule has 22 heavy (non-hydrogen) atoms. The van der Waals surface area contributed by atoms with E-state index in [1.54, 1.807) is 12.1 Å². The van der Waals surface area contributed by atoms with E-state index in [1.807, 2.05) is 0 Å². The van der Waals surface area contributed by atoms with Crippen LogP contribution in [0, 0.1) is 0 Å². The second kappa shape index (κ2) is 5.32. The predicted molar refractivity (Wildman–Crippen MR) is 77.5 cm³/mol. The second-order valence-electron chi connectivity index (χ2n) is 5.34. The standard InChI is InChI=1S/C14H15NO6S/c16-5-9-10(17)11(18)14(22,6-21-9)15-12(19)7-3-1-2-4-8(7)13(15)20/h1-4,9-11,16-18,22H,5-6H2/t9-,10-,11+,14+/m1/s1. The summed E-state index contributed by atoms with van der Waals surface area (Å²) in [6.45, 7) is -0.796. The SMILES string of the molecule is O=C1c2ccccc2C(=O)N1[C@]1(S)CO[C@H](CO)[C@@H](O)[C@@H]1O. The molecule has 118 valence electrons. The molecule has 0 bridgehead atoms. The van der Waals surface area contributed by atoms with Crippen LogP contribution < -0.4 is 0 Å². The van der Waals surface area contributed by atoms with Gasteiger partial charge in [-0.2, -0.15) is 0 Å². The molecule has 2 aliphatic heterocycles. The Morgan fingerprint density at radius 1 is 1.23 bits per heavy atom. The molecule has 4 atom stereocenters. The second-order valence-corrected chi connectivity index (χ2v) is 6.11. The number of hydrogen-bond donors (Lipinski definition) is 4. The fourth-order valence-electron chi connectivity index (χ4n) is 2.79. The minimum atomic E-state index is -1.71. The van der Waals surface area contributed by atoms with E-state index >= 15 is 0 Å². The van der Waals surface area contributed by atoms with E-state index in [-0.39, 0.29) is 17.7 Å². The number of thiol groups is 1. The molecular formula is C14H15NO6S. The number of rotatable bonds is 2. The number of aliphatic hydroxyl groups is 3. The molecule has 1 aromatic rings. The van der Waals surface area contributed by atoms with Crippen LogP contribution >= 0.6 is 12.6 Å². The van der Waals surface area contributed by atoms with Gasteiger partial charge in [-0.3, -0.25) is 14.5 Å². The summed E-state index contributed by atoms with van der Waals surface area (Å²) in [5, 5.41) is 29.4. The number of hydrogen-bond acceptors (Lipinski definition) is 7. The first-order valence-corrected chi connectivity index (χ1v) is 7.15. The summed E-state index contributed by atoms with van der Waals surface area (Å²) in [6.07, 6.45) is -4.02. The van der Waals surface area contributed by atoms with Crippen LogP contribution in [-0.2, 0) is 4.74 Å². The van der Waals surface area contributed by atoms with Crippen LogP contribution in [0.4, 0.5) is 0 Å². The Kier molecular flexibility index (Phi) is 3.74. The van der Waals surface area contributed by atoms with Gasteiger partial charge in [0, 0.05) is 0 Å². The van der Waals surface area contributed by atoms with Crippen molar-refractivity contribution in [3.05, 3.63) is 35.4 Å². The highest BCUT2D eigenvalue weighted by atomic mass is 32.1. The van der Waals surface area contributed by atoms with E-state index in [2.05, 4.69) is 12.6 Å². The maximum absolute atomic E-state index is 12.5. The molecule has 2 heterocycles. The third kappa shape index (κ3) is 1.99.